The van der Waals surface area contributed by atoms with Crippen LogP contribution in [0.3, 0.4) is 0 Å². The summed E-state index contributed by atoms with van der Waals surface area (Å²) < 4.78 is 42.3. The van der Waals surface area contributed by atoms with Crippen LogP contribution in [0.25, 0.3) is 0 Å². The third kappa shape index (κ3) is 6.68. The second kappa shape index (κ2) is 10.4. The number of nitrogens with two attached hydrogens (primary N) is 2. The Morgan fingerprint density at radius 1 is 1.20 bits per heavy atom. The summed E-state index contributed by atoms with van der Waals surface area (Å²) in [4.78, 5) is 41.0. The maximum absolute atomic E-state index is 12.9. The van der Waals surface area contributed by atoms with Gasteiger partial charge >= 0.3 is 11.9 Å². The van der Waals surface area contributed by atoms with Gasteiger partial charge in [-0.15, -0.1) is 0 Å². The number of carboxylic acids is 1. The molecule has 0 aromatic heterocycles. The highest BCUT2D eigenvalue weighted by Crippen LogP contribution is 2.34. The van der Waals surface area contributed by atoms with E-state index in [-0.39, 0.29) is 35.2 Å². The van der Waals surface area contributed by atoms with Crippen molar-refractivity contribution >= 4 is 39.6 Å². The summed E-state index contributed by atoms with van der Waals surface area (Å²) in [5.41, 5.74) is 11.9. The molecule has 14 heteroatoms. The highest BCUT2D eigenvalue weighted by molar-refractivity contribution is 7.85. The minimum atomic E-state index is -4.70. The summed E-state index contributed by atoms with van der Waals surface area (Å²) in [5.74, 6) is -5.04. The van der Waals surface area contributed by atoms with E-state index in [9.17, 15) is 27.9 Å². The molecule has 0 bridgehead atoms. The van der Waals surface area contributed by atoms with Gasteiger partial charge in [-0.2, -0.15) is 8.42 Å². The topological polar surface area (TPSA) is 221 Å². The monoisotopic (exact) mass is 506 g/mol. The molecule has 1 amide bonds. The fourth-order valence-electron chi connectivity index (χ4n) is 3.34. The molecule has 1 unspecified atom stereocenters. The van der Waals surface area contributed by atoms with E-state index in [1.807, 2.05) is 5.32 Å². The van der Waals surface area contributed by atoms with E-state index in [2.05, 4.69) is 4.99 Å². The standard InChI is InChI=1S/C21H22N4O9S/c22-21(23)24-12-6-7-13-11(9-12)3-2-8-33-17-14(4-1-5-16(17)34-20(13)29)18(26)25-15(19(27)28)10-35(30,31)32/h1,4-7,9,15H,2-3,8,10H2,(H,25,26)(H,27,28)(H4,22,23,24)(H,30,31,32). The molecule has 0 saturated heterocycles. The van der Waals surface area contributed by atoms with E-state index in [1.165, 1.54) is 30.3 Å². The molecule has 0 radical (unpaired) electrons. The zero-order valence-electron chi connectivity index (χ0n) is 18.1. The number of carbonyl (C=O) groups is 3. The Balaban J connectivity index is 1.93. The SMILES string of the molecule is NC(N)=Nc1ccc2c(c1)CCCOc1c(cccc1C(=O)NC(CS(=O)(=O)O)C(=O)O)OC2=O. The summed E-state index contributed by atoms with van der Waals surface area (Å²) >= 11 is 0. The van der Waals surface area contributed by atoms with Crippen molar-refractivity contribution in [3.63, 3.8) is 0 Å². The molecule has 0 aliphatic carbocycles. The smallest absolute Gasteiger partial charge is 0.343 e. The molecule has 0 spiro atoms. The number of ether oxygens (including phenoxy) is 2. The minimum Gasteiger partial charge on any atom is -0.489 e. The van der Waals surface area contributed by atoms with Crippen molar-refractivity contribution in [2.24, 2.45) is 16.5 Å². The quantitative estimate of drug-likeness (QED) is 0.117. The first-order chi connectivity index (χ1) is 16.4. The number of aliphatic carboxylic acids is 1. The van der Waals surface area contributed by atoms with Crippen molar-refractivity contribution in [3.8, 4) is 11.5 Å². The van der Waals surface area contributed by atoms with E-state index in [4.69, 9.17) is 25.5 Å². The van der Waals surface area contributed by atoms with Gasteiger partial charge in [-0.3, -0.25) is 9.35 Å². The van der Waals surface area contributed by atoms with Gasteiger partial charge in [-0.05, 0) is 48.7 Å². The molecular weight excluding hydrogens is 484 g/mol. The third-order valence-electron chi connectivity index (χ3n) is 4.81. The van der Waals surface area contributed by atoms with Crippen LogP contribution < -0.4 is 26.3 Å². The number of guanidine groups is 1. The van der Waals surface area contributed by atoms with Gasteiger partial charge in [0.25, 0.3) is 16.0 Å². The van der Waals surface area contributed by atoms with Crippen molar-refractivity contribution in [3.05, 3.63) is 53.1 Å². The van der Waals surface area contributed by atoms with E-state index in [0.717, 1.165) is 0 Å². The van der Waals surface area contributed by atoms with Crippen LogP contribution in [-0.4, -0.2) is 60.3 Å². The molecule has 7 N–H and O–H groups in total. The van der Waals surface area contributed by atoms with Gasteiger partial charge in [-0.1, -0.05) is 6.07 Å². The Hall–Kier alpha value is -4.17. The zero-order valence-corrected chi connectivity index (χ0v) is 18.9. The van der Waals surface area contributed by atoms with Crippen LogP contribution in [-0.2, 0) is 21.3 Å². The molecular formula is C21H22N4O9S. The number of hydrogen-bond donors (Lipinski definition) is 5. The molecule has 1 atom stereocenters. The zero-order chi connectivity index (χ0) is 25.8. The molecule has 0 saturated carbocycles. The summed E-state index contributed by atoms with van der Waals surface area (Å²) in [6.45, 7) is 0.0915. The van der Waals surface area contributed by atoms with Crippen molar-refractivity contribution in [1.82, 2.24) is 5.32 Å². The lowest BCUT2D eigenvalue weighted by molar-refractivity contribution is -0.138. The number of fused-ring (bicyclic) bond motifs is 2. The van der Waals surface area contributed by atoms with Crippen LogP contribution in [0.4, 0.5) is 5.69 Å². The molecule has 1 aliphatic heterocycles. The molecule has 1 aliphatic rings. The van der Waals surface area contributed by atoms with Gasteiger partial charge in [-0.25, -0.2) is 14.6 Å². The van der Waals surface area contributed by atoms with Gasteiger partial charge in [0.05, 0.1) is 23.4 Å². The highest BCUT2D eigenvalue weighted by atomic mass is 32.2. The number of carboxylic acid groups (broad SMARTS) is 1. The van der Waals surface area contributed by atoms with E-state index in [0.29, 0.717) is 24.1 Å². The van der Waals surface area contributed by atoms with E-state index in [1.54, 1.807) is 6.07 Å². The van der Waals surface area contributed by atoms with Crippen LogP contribution in [0.15, 0.2) is 41.4 Å². The summed E-state index contributed by atoms with van der Waals surface area (Å²) in [6, 6.07) is 6.80. The van der Waals surface area contributed by atoms with E-state index >= 15 is 0 Å². The second-order valence-corrected chi connectivity index (χ2v) is 8.96. The molecule has 35 heavy (non-hydrogen) atoms. The first-order valence-electron chi connectivity index (χ1n) is 10.1. The van der Waals surface area contributed by atoms with Crippen LogP contribution in [0.5, 0.6) is 11.5 Å². The Morgan fingerprint density at radius 2 is 1.94 bits per heavy atom. The molecule has 2 aromatic carbocycles. The van der Waals surface area contributed by atoms with Crippen molar-refractivity contribution in [2.75, 3.05) is 12.4 Å². The fourth-order valence-corrected chi connectivity index (χ4v) is 3.99. The van der Waals surface area contributed by atoms with Crippen molar-refractivity contribution < 1.29 is 41.9 Å². The highest BCUT2D eigenvalue weighted by Gasteiger charge is 2.29. The number of amides is 1. The predicted molar refractivity (Wildman–Crippen MR) is 122 cm³/mol. The Bertz CT molecular complexity index is 1300. The second-order valence-electron chi connectivity index (χ2n) is 7.47. The molecule has 13 nitrogen and oxygen atoms in total. The predicted octanol–water partition coefficient (Wildman–Crippen LogP) is 0.207. The Kier molecular flexibility index (Phi) is 7.56. The molecule has 0 fully saturated rings. The normalized spacial score (nSPS) is 14.3. The fraction of sp³-hybridized carbons (Fsp3) is 0.238. The lowest BCUT2D eigenvalue weighted by atomic mass is 10.0. The number of hydrogen-bond acceptors (Lipinski definition) is 8. The number of benzene rings is 2. The van der Waals surface area contributed by atoms with Gasteiger partial charge in [0, 0.05) is 0 Å². The largest absolute Gasteiger partial charge is 0.489 e. The third-order valence-corrected chi connectivity index (χ3v) is 5.57. The van der Waals surface area contributed by atoms with Crippen molar-refractivity contribution in [2.45, 2.75) is 18.9 Å². The average Bonchev–Trinajstić information content (AvgIpc) is 2.75. The number of aryl methyl sites for hydroxylation is 1. The number of para-hydroxylation sites is 1. The molecule has 1 heterocycles. The first-order valence-corrected chi connectivity index (χ1v) is 11.7. The van der Waals surface area contributed by atoms with Gasteiger partial charge in [0.15, 0.2) is 17.5 Å². The Labute approximate surface area is 199 Å². The number of nitrogens with one attached hydrogen (secondary N) is 1. The van der Waals surface area contributed by atoms with Gasteiger partial charge in [0.2, 0.25) is 0 Å². The molecule has 2 aromatic rings. The van der Waals surface area contributed by atoms with Crippen LogP contribution in [0.1, 0.15) is 32.7 Å². The Morgan fingerprint density at radius 3 is 2.60 bits per heavy atom. The number of nitrogens with zero attached hydrogens (tertiary/aromatic N) is 1. The molecule has 3 rings (SSSR count). The van der Waals surface area contributed by atoms with Crippen molar-refractivity contribution in [1.29, 1.82) is 0 Å². The average molecular weight is 506 g/mol. The number of esters is 1. The van der Waals surface area contributed by atoms with E-state index < -0.39 is 39.8 Å². The lowest BCUT2D eigenvalue weighted by Gasteiger charge is -2.19. The number of aliphatic imine (C=N–C) groups is 1. The lowest BCUT2D eigenvalue weighted by Crippen LogP contribution is -2.45. The van der Waals surface area contributed by atoms with Gasteiger partial charge in [0.1, 0.15) is 11.8 Å². The maximum atomic E-state index is 12.9. The van der Waals surface area contributed by atoms with Crippen LogP contribution in [0, 0.1) is 0 Å². The first kappa shape index (κ1) is 25.5. The summed E-state index contributed by atoms with van der Waals surface area (Å²) in [5, 5.41) is 11.2. The summed E-state index contributed by atoms with van der Waals surface area (Å²) in [6.07, 6.45) is 0.804. The minimum absolute atomic E-state index is 0.0915. The van der Waals surface area contributed by atoms with Crippen LogP contribution >= 0.6 is 0 Å². The summed E-state index contributed by atoms with van der Waals surface area (Å²) in [7, 11) is -4.70. The maximum Gasteiger partial charge on any atom is 0.343 e. The van der Waals surface area contributed by atoms with Gasteiger partial charge < -0.3 is 31.4 Å². The van der Waals surface area contributed by atoms with Crippen LogP contribution in [0.2, 0.25) is 0 Å². The molecule has 186 valence electrons. The number of carbonyl (C=O) groups excluding carboxylic acids is 2. The number of rotatable bonds is 6.